The Morgan fingerprint density at radius 3 is 2.67 bits per heavy atom. The van der Waals surface area contributed by atoms with Crippen LogP contribution in [0.4, 0.5) is 5.69 Å². The molecule has 4 nitrogen and oxygen atoms in total. The first-order chi connectivity index (χ1) is 10.0. The maximum Gasteiger partial charge on any atom is 0.254 e. The van der Waals surface area contributed by atoms with E-state index in [2.05, 4.69) is 6.07 Å². The molecule has 0 atom stereocenters. The normalized spacial score (nSPS) is 10.2. The number of hydrogen-bond acceptors (Lipinski definition) is 3. The number of amides is 1. The smallest absolute Gasteiger partial charge is 0.254 e. The second-order valence-electron chi connectivity index (χ2n) is 5.11. The lowest BCUT2D eigenvalue weighted by Gasteiger charge is -2.18. The molecule has 2 N–H and O–H groups in total. The average Bonchev–Trinajstić information content (AvgIpc) is 2.47. The molecule has 1 amide bonds. The van der Waals surface area contributed by atoms with Crippen LogP contribution in [-0.2, 0) is 6.54 Å². The third-order valence-corrected chi connectivity index (χ3v) is 3.33. The summed E-state index contributed by atoms with van der Waals surface area (Å²) in [6.45, 7) is 2.60. The fourth-order valence-corrected chi connectivity index (χ4v) is 2.22. The third kappa shape index (κ3) is 3.54. The molecule has 0 unspecified atom stereocenters. The summed E-state index contributed by atoms with van der Waals surface area (Å²) in [6.07, 6.45) is 0. The second kappa shape index (κ2) is 6.31. The number of carbonyl (C=O) groups is 1. The van der Waals surface area contributed by atoms with Gasteiger partial charge in [-0.25, -0.2) is 0 Å². The van der Waals surface area contributed by atoms with Crippen LogP contribution in [0.2, 0.25) is 0 Å². The zero-order valence-electron chi connectivity index (χ0n) is 12.6. The summed E-state index contributed by atoms with van der Waals surface area (Å²) < 4.78 is 5.15. The number of nitrogens with two attached hydrogens (primary N) is 1. The number of benzene rings is 2. The Morgan fingerprint density at radius 1 is 1.24 bits per heavy atom. The summed E-state index contributed by atoms with van der Waals surface area (Å²) in [5.41, 5.74) is 9.14. The highest BCUT2D eigenvalue weighted by Crippen LogP contribution is 2.23. The monoisotopic (exact) mass is 284 g/mol. The third-order valence-electron chi connectivity index (χ3n) is 3.33. The van der Waals surface area contributed by atoms with Crippen molar-refractivity contribution < 1.29 is 9.53 Å². The van der Waals surface area contributed by atoms with Gasteiger partial charge in [-0.05, 0) is 30.7 Å². The van der Waals surface area contributed by atoms with Gasteiger partial charge in [0.1, 0.15) is 5.75 Å². The fraction of sp³-hybridized carbons (Fsp3) is 0.235. The SMILES string of the molecule is COc1cc(C(=O)N(C)Cc2cccc(C)c2)ccc1N. The average molecular weight is 284 g/mol. The maximum atomic E-state index is 12.4. The van der Waals surface area contributed by atoms with Crippen molar-refractivity contribution >= 4 is 11.6 Å². The van der Waals surface area contributed by atoms with E-state index in [0.717, 1.165) is 5.56 Å². The molecule has 0 aliphatic carbocycles. The Balaban J connectivity index is 2.15. The minimum atomic E-state index is -0.0604. The van der Waals surface area contributed by atoms with Gasteiger partial charge in [0.15, 0.2) is 0 Å². The van der Waals surface area contributed by atoms with Crippen molar-refractivity contribution in [2.45, 2.75) is 13.5 Å². The highest BCUT2D eigenvalue weighted by atomic mass is 16.5. The first-order valence-electron chi connectivity index (χ1n) is 6.76. The summed E-state index contributed by atoms with van der Waals surface area (Å²) >= 11 is 0. The first-order valence-corrected chi connectivity index (χ1v) is 6.76. The topological polar surface area (TPSA) is 55.6 Å². The molecule has 2 aromatic carbocycles. The number of rotatable bonds is 4. The van der Waals surface area contributed by atoms with E-state index in [0.29, 0.717) is 23.5 Å². The predicted molar refractivity (Wildman–Crippen MR) is 84.4 cm³/mol. The highest BCUT2D eigenvalue weighted by molar-refractivity contribution is 5.95. The molecule has 0 saturated carbocycles. The molecule has 0 aliphatic heterocycles. The van der Waals surface area contributed by atoms with Crippen LogP contribution in [0.1, 0.15) is 21.5 Å². The van der Waals surface area contributed by atoms with Crippen molar-refractivity contribution in [1.29, 1.82) is 0 Å². The van der Waals surface area contributed by atoms with Crippen molar-refractivity contribution in [2.75, 3.05) is 19.9 Å². The van der Waals surface area contributed by atoms with Crippen LogP contribution in [0.15, 0.2) is 42.5 Å². The molecule has 0 saturated heterocycles. The van der Waals surface area contributed by atoms with Gasteiger partial charge in [-0.2, -0.15) is 0 Å². The molecule has 21 heavy (non-hydrogen) atoms. The molecule has 0 aliphatic rings. The summed E-state index contributed by atoms with van der Waals surface area (Å²) in [7, 11) is 3.32. The molecule has 0 heterocycles. The molecule has 0 spiro atoms. The van der Waals surface area contributed by atoms with E-state index in [1.54, 1.807) is 30.1 Å². The molecule has 2 aromatic rings. The van der Waals surface area contributed by atoms with Gasteiger partial charge in [-0.15, -0.1) is 0 Å². The molecule has 0 radical (unpaired) electrons. The summed E-state index contributed by atoms with van der Waals surface area (Å²) in [4.78, 5) is 14.1. The molecule has 110 valence electrons. The first kappa shape index (κ1) is 14.9. The van der Waals surface area contributed by atoms with Gasteiger partial charge < -0.3 is 15.4 Å². The minimum absolute atomic E-state index is 0.0604. The van der Waals surface area contributed by atoms with Gasteiger partial charge in [0.25, 0.3) is 5.91 Å². The van der Waals surface area contributed by atoms with E-state index in [1.807, 2.05) is 25.1 Å². The zero-order chi connectivity index (χ0) is 15.4. The Kier molecular flexibility index (Phi) is 4.48. The van der Waals surface area contributed by atoms with Gasteiger partial charge in [0.05, 0.1) is 12.8 Å². The van der Waals surface area contributed by atoms with Crippen LogP contribution in [0.25, 0.3) is 0 Å². The number of ether oxygens (including phenoxy) is 1. The van der Waals surface area contributed by atoms with E-state index in [4.69, 9.17) is 10.5 Å². The number of anilines is 1. The number of nitrogen functional groups attached to an aromatic ring is 1. The number of carbonyl (C=O) groups excluding carboxylic acids is 1. The zero-order valence-corrected chi connectivity index (χ0v) is 12.6. The minimum Gasteiger partial charge on any atom is -0.495 e. The molecule has 0 aromatic heterocycles. The lowest BCUT2D eigenvalue weighted by atomic mass is 10.1. The Labute approximate surface area is 125 Å². The van der Waals surface area contributed by atoms with Crippen LogP contribution in [-0.4, -0.2) is 25.0 Å². The number of nitrogens with zero attached hydrogens (tertiary/aromatic N) is 1. The van der Waals surface area contributed by atoms with E-state index < -0.39 is 0 Å². The van der Waals surface area contributed by atoms with Crippen LogP contribution < -0.4 is 10.5 Å². The van der Waals surface area contributed by atoms with Gasteiger partial charge in [0.2, 0.25) is 0 Å². The molecule has 0 bridgehead atoms. The predicted octanol–water partition coefficient (Wildman–Crippen LogP) is 2.86. The van der Waals surface area contributed by atoms with E-state index in [1.165, 1.54) is 12.7 Å². The number of methoxy groups -OCH3 is 1. The molecule has 2 rings (SSSR count). The van der Waals surface area contributed by atoms with E-state index >= 15 is 0 Å². The van der Waals surface area contributed by atoms with Crippen molar-refractivity contribution in [3.63, 3.8) is 0 Å². The second-order valence-corrected chi connectivity index (χ2v) is 5.11. The van der Waals surface area contributed by atoms with Gasteiger partial charge in [0, 0.05) is 19.2 Å². The maximum absolute atomic E-state index is 12.4. The quantitative estimate of drug-likeness (QED) is 0.878. The molecular weight excluding hydrogens is 264 g/mol. The molecule has 0 fully saturated rings. The summed E-state index contributed by atoms with van der Waals surface area (Å²) in [5.74, 6) is 0.458. The molecule has 4 heteroatoms. The summed E-state index contributed by atoms with van der Waals surface area (Å²) in [5, 5.41) is 0. The standard InChI is InChI=1S/C17H20N2O2/c1-12-5-4-6-13(9-12)11-19(2)17(20)14-7-8-15(18)16(10-14)21-3/h4-10H,11,18H2,1-3H3. The Bertz CT molecular complexity index is 653. The van der Waals surface area contributed by atoms with E-state index in [9.17, 15) is 4.79 Å². The van der Waals surface area contributed by atoms with Gasteiger partial charge in [-0.1, -0.05) is 29.8 Å². The number of aryl methyl sites for hydroxylation is 1. The van der Waals surface area contributed by atoms with Crippen LogP contribution in [0.5, 0.6) is 5.75 Å². The largest absolute Gasteiger partial charge is 0.495 e. The highest BCUT2D eigenvalue weighted by Gasteiger charge is 2.14. The van der Waals surface area contributed by atoms with Crippen molar-refractivity contribution in [3.8, 4) is 5.75 Å². The van der Waals surface area contributed by atoms with Gasteiger partial charge >= 0.3 is 0 Å². The Morgan fingerprint density at radius 2 is 2.00 bits per heavy atom. The van der Waals surface area contributed by atoms with Crippen LogP contribution >= 0.6 is 0 Å². The lowest BCUT2D eigenvalue weighted by Crippen LogP contribution is -2.26. The Hall–Kier alpha value is -2.49. The van der Waals surface area contributed by atoms with Crippen LogP contribution in [0, 0.1) is 6.92 Å². The van der Waals surface area contributed by atoms with Crippen LogP contribution in [0.3, 0.4) is 0 Å². The van der Waals surface area contributed by atoms with Gasteiger partial charge in [-0.3, -0.25) is 4.79 Å². The lowest BCUT2D eigenvalue weighted by molar-refractivity contribution is 0.0784. The van der Waals surface area contributed by atoms with Crippen molar-refractivity contribution in [2.24, 2.45) is 0 Å². The van der Waals surface area contributed by atoms with Crippen molar-refractivity contribution in [3.05, 3.63) is 59.2 Å². The van der Waals surface area contributed by atoms with E-state index in [-0.39, 0.29) is 5.91 Å². The number of hydrogen-bond donors (Lipinski definition) is 1. The van der Waals surface area contributed by atoms with Crippen molar-refractivity contribution in [1.82, 2.24) is 4.90 Å². The summed E-state index contributed by atoms with van der Waals surface area (Å²) in [6, 6.07) is 13.2. The fourth-order valence-electron chi connectivity index (χ4n) is 2.22. The molecular formula is C17H20N2O2.